The van der Waals surface area contributed by atoms with Gasteiger partial charge in [-0.25, -0.2) is 0 Å². The molecule has 2 aromatic rings. The molecular formula is C14H11BrClNO. The maximum Gasteiger partial charge on any atom is 0.127 e. The highest BCUT2D eigenvalue weighted by molar-refractivity contribution is 9.10. The molecule has 0 fully saturated rings. The van der Waals surface area contributed by atoms with Crippen LogP contribution < -0.4 is 4.74 Å². The van der Waals surface area contributed by atoms with E-state index in [2.05, 4.69) is 20.9 Å². The van der Waals surface area contributed by atoms with E-state index in [1.165, 1.54) is 0 Å². The first-order valence-corrected chi connectivity index (χ1v) is 6.49. The molecule has 0 radical (unpaired) electrons. The second-order valence-electron chi connectivity index (χ2n) is 3.62. The first-order valence-electron chi connectivity index (χ1n) is 5.32. The average molecular weight is 325 g/mol. The number of aliphatic imine (C=N–C) groups is 1. The monoisotopic (exact) mass is 323 g/mol. The predicted molar refractivity (Wildman–Crippen MR) is 79.4 cm³/mol. The fraction of sp³-hybridized carbons (Fsp3) is 0.0714. The van der Waals surface area contributed by atoms with Crippen molar-refractivity contribution in [1.29, 1.82) is 0 Å². The first kappa shape index (κ1) is 13.1. The van der Waals surface area contributed by atoms with Crippen LogP contribution in [0.25, 0.3) is 0 Å². The lowest BCUT2D eigenvalue weighted by atomic mass is 10.2. The van der Waals surface area contributed by atoms with Gasteiger partial charge in [-0.1, -0.05) is 33.6 Å². The number of halogens is 2. The molecule has 0 saturated carbocycles. The molecule has 0 spiro atoms. The molecule has 0 aliphatic carbocycles. The minimum atomic E-state index is 0.672. The molecule has 0 bridgehead atoms. The number of nitrogens with zero attached hydrogens (tertiary/aromatic N) is 1. The third-order valence-corrected chi connectivity index (χ3v) is 3.08. The fourth-order valence-corrected chi connectivity index (χ4v) is 2.07. The van der Waals surface area contributed by atoms with Crippen LogP contribution >= 0.6 is 27.5 Å². The number of benzene rings is 2. The van der Waals surface area contributed by atoms with Crippen LogP contribution in [-0.2, 0) is 0 Å². The van der Waals surface area contributed by atoms with Crippen LogP contribution in [0.4, 0.5) is 5.69 Å². The second kappa shape index (κ2) is 6.03. The summed E-state index contributed by atoms with van der Waals surface area (Å²) in [7, 11) is 1.64. The van der Waals surface area contributed by atoms with Gasteiger partial charge in [-0.05, 0) is 36.4 Å². The Bertz CT molecular complexity index is 584. The van der Waals surface area contributed by atoms with Crippen molar-refractivity contribution in [2.45, 2.75) is 0 Å². The summed E-state index contributed by atoms with van der Waals surface area (Å²) in [5, 5.41) is 0.672. The van der Waals surface area contributed by atoms with Gasteiger partial charge in [0.25, 0.3) is 0 Å². The third kappa shape index (κ3) is 3.34. The lowest BCUT2D eigenvalue weighted by Crippen LogP contribution is -1.90. The molecule has 2 nitrogen and oxygen atoms in total. The van der Waals surface area contributed by atoms with Crippen LogP contribution in [-0.4, -0.2) is 13.3 Å². The fourth-order valence-electron chi connectivity index (χ4n) is 1.51. The Morgan fingerprint density at radius 1 is 1.22 bits per heavy atom. The van der Waals surface area contributed by atoms with Gasteiger partial charge in [0.2, 0.25) is 0 Å². The number of methoxy groups -OCH3 is 1. The van der Waals surface area contributed by atoms with E-state index in [1.54, 1.807) is 13.3 Å². The van der Waals surface area contributed by atoms with Crippen molar-refractivity contribution in [2.24, 2.45) is 4.99 Å². The Morgan fingerprint density at radius 3 is 2.78 bits per heavy atom. The summed E-state index contributed by atoms with van der Waals surface area (Å²) in [6, 6.07) is 13.2. The van der Waals surface area contributed by atoms with E-state index >= 15 is 0 Å². The summed E-state index contributed by atoms with van der Waals surface area (Å²) in [5.41, 5.74) is 1.72. The van der Waals surface area contributed by atoms with Gasteiger partial charge in [0.05, 0.1) is 12.8 Å². The summed E-state index contributed by atoms with van der Waals surface area (Å²) in [5.74, 6) is 0.781. The molecule has 2 rings (SSSR count). The maximum absolute atomic E-state index is 5.90. The minimum Gasteiger partial charge on any atom is -0.496 e. The second-order valence-corrected chi connectivity index (χ2v) is 4.98. The molecule has 0 amide bonds. The lowest BCUT2D eigenvalue weighted by Gasteiger charge is -2.04. The van der Waals surface area contributed by atoms with Crippen LogP contribution in [0.5, 0.6) is 5.75 Å². The smallest absolute Gasteiger partial charge is 0.127 e. The zero-order valence-corrected chi connectivity index (χ0v) is 12.1. The van der Waals surface area contributed by atoms with Crippen molar-refractivity contribution in [3.63, 3.8) is 0 Å². The molecule has 2 aromatic carbocycles. The molecule has 0 atom stereocenters. The van der Waals surface area contributed by atoms with Gasteiger partial charge in [0.1, 0.15) is 5.75 Å². The predicted octanol–water partition coefficient (Wildman–Crippen LogP) is 4.86. The highest BCUT2D eigenvalue weighted by Gasteiger charge is 2.00. The van der Waals surface area contributed by atoms with Crippen molar-refractivity contribution in [2.75, 3.05) is 7.11 Å². The van der Waals surface area contributed by atoms with Gasteiger partial charge in [0, 0.05) is 21.3 Å². The Kier molecular flexibility index (Phi) is 4.39. The SMILES string of the molecule is COc1ccc(Br)cc1C=Nc1cccc(Cl)c1. The Morgan fingerprint density at radius 2 is 2.06 bits per heavy atom. The van der Waals surface area contributed by atoms with Gasteiger partial charge >= 0.3 is 0 Å². The Hall–Kier alpha value is -1.32. The van der Waals surface area contributed by atoms with E-state index in [4.69, 9.17) is 16.3 Å². The average Bonchev–Trinajstić information content (AvgIpc) is 2.37. The van der Waals surface area contributed by atoms with E-state index in [1.807, 2.05) is 42.5 Å². The van der Waals surface area contributed by atoms with E-state index in [-0.39, 0.29) is 0 Å². The molecule has 0 saturated heterocycles. The third-order valence-electron chi connectivity index (χ3n) is 2.35. The van der Waals surface area contributed by atoms with Crippen LogP contribution in [0.15, 0.2) is 51.9 Å². The largest absolute Gasteiger partial charge is 0.496 e. The molecule has 0 heterocycles. The molecule has 0 aliphatic heterocycles. The number of ether oxygens (including phenoxy) is 1. The van der Waals surface area contributed by atoms with Crippen molar-refractivity contribution in [3.8, 4) is 5.75 Å². The van der Waals surface area contributed by atoms with Crippen LogP contribution in [0.1, 0.15) is 5.56 Å². The van der Waals surface area contributed by atoms with Crippen molar-refractivity contribution in [3.05, 3.63) is 57.5 Å². The summed E-state index contributed by atoms with van der Waals surface area (Å²) >= 11 is 9.33. The molecule has 92 valence electrons. The molecule has 0 unspecified atom stereocenters. The van der Waals surface area contributed by atoms with Gasteiger partial charge in [0.15, 0.2) is 0 Å². The first-order chi connectivity index (χ1) is 8.69. The Labute approximate surface area is 119 Å². The lowest BCUT2D eigenvalue weighted by molar-refractivity contribution is 0.414. The molecule has 0 aromatic heterocycles. The molecule has 18 heavy (non-hydrogen) atoms. The number of hydrogen-bond acceptors (Lipinski definition) is 2. The van der Waals surface area contributed by atoms with E-state index in [0.29, 0.717) is 5.02 Å². The van der Waals surface area contributed by atoms with Crippen molar-refractivity contribution < 1.29 is 4.74 Å². The molecule has 0 aliphatic rings. The molecule has 0 N–H and O–H groups in total. The minimum absolute atomic E-state index is 0.672. The van der Waals surface area contributed by atoms with E-state index < -0.39 is 0 Å². The quantitative estimate of drug-likeness (QED) is 0.739. The molecular weight excluding hydrogens is 314 g/mol. The highest BCUT2D eigenvalue weighted by atomic mass is 79.9. The zero-order valence-electron chi connectivity index (χ0n) is 9.73. The van der Waals surface area contributed by atoms with Crippen molar-refractivity contribution in [1.82, 2.24) is 0 Å². The zero-order chi connectivity index (χ0) is 13.0. The van der Waals surface area contributed by atoms with Crippen LogP contribution in [0.2, 0.25) is 5.02 Å². The van der Waals surface area contributed by atoms with Gasteiger partial charge in [-0.15, -0.1) is 0 Å². The summed E-state index contributed by atoms with van der Waals surface area (Å²) in [6.45, 7) is 0. The normalized spacial score (nSPS) is 10.8. The summed E-state index contributed by atoms with van der Waals surface area (Å²) in [6.07, 6.45) is 1.76. The maximum atomic E-state index is 5.90. The van der Waals surface area contributed by atoms with Gasteiger partial charge < -0.3 is 4.74 Å². The number of hydrogen-bond donors (Lipinski definition) is 0. The van der Waals surface area contributed by atoms with Crippen LogP contribution in [0.3, 0.4) is 0 Å². The topological polar surface area (TPSA) is 21.6 Å². The molecule has 4 heteroatoms. The van der Waals surface area contributed by atoms with E-state index in [9.17, 15) is 0 Å². The van der Waals surface area contributed by atoms with E-state index in [0.717, 1.165) is 21.5 Å². The van der Waals surface area contributed by atoms with Gasteiger partial charge in [-0.2, -0.15) is 0 Å². The van der Waals surface area contributed by atoms with Gasteiger partial charge in [-0.3, -0.25) is 4.99 Å². The Balaban J connectivity index is 2.31. The standard InChI is InChI=1S/C14H11BrClNO/c1-18-14-6-5-11(15)7-10(14)9-17-13-4-2-3-12(16)8-13/h2-9H,1H3. The summed E-state index contributed by atoms with van der Waals surface area (Å²) < 4.78 is 6.26. The summed E-state index contributed by atoms with van der Waals surface area (Å²) in [4.78, 5) is 4.38. The van der Waals surface area contributed by atoms with Crippen molar-refractivity contribution >= 4 is 39.4 Å². The number of rotatable bonds is 3. The highest BCUT2D eigenvalue weighted by Crippen LogP contribution is 2.23. The van der Waals surface area contributed by atoms with Crippen LogP contribution in [0, 0.1) is 0 Å².